The molecular formula is C20H19N5O5. The van der Waals surface area contributed by atoms with E-state index in [1.54, 1.807) is 37.6 Å². The van der Waals surface area contributed by atoms with Gasteiger partial charge in [-0.15, -0.1) is 0 Å². The molecule has 154 valence electrons. The van der Waals surface area contributed by atoms with Crippen molar-refractivity contribution in [2.75, 3.05) is 6.61 Å². The van der Waals surface area contributed by atoms with E-state index in [0.717, 1.165) is 23.5 Å². The number of amides is 1. The van der Waals surface area contributed by atoms with Gasteiger partial charge in [-0.1, -0.05) is 6.07 Å². The van der Waals surface area contributed by atoms with E-state index in [4.69, 9.17) is 4.74 Å². The van der Waals surface area contributed by atoms with Crippen LogP contribution in [0.4, 0.5) is 5.69 Å². The van der Waals surface area contributed by atoms with Crippen molar-refractivity contribution < 1.29 is 19.2 Å². The number of esters is 1. The number of hydrogen-bond acceptors (Lipinski definition) is 7. The molecule has 3 aromatic rings. The average molecular weight is 409 g/mol. The molecule has 1 aromatic carbocycles. The molecule has 0 saturated carbocycles. The van der Waals surface area contributed by atoms with Gasteiger partial charge in [0.05, 0.1) is 17.1 Å². The summed E-state index contributed by atoms with van der Waals surface area (Å²) in [7, 11) is 0. The number of nitrogens with one attached hydrogen (secondary N) is 1. The van der Waals surface area contributed by atoms with Crippen LogP contribution in [0, 0.1) is 17.0 Å². The Hall–Kier alpha value is -4.08. The molecule has 3 rings (SSSR count). The quantitative estimate of drug-likeness (QED) is 0.361. The predicted molar refractivity (Wildman–Crippen MR) is 106 cm³/mol. The van der Waals surface area contributed by atoms with E-state index in [-0.39, 0.29) is 30.0 Å². The fourth-order valence-corrected chi connectivity index (χ4v) is 2.75. The standard InChI is InChI=1S/C20H19N5O5/c1-3-30-20(27)16-8-15(9-17(10-16)25(28)29)19(26)23-12-14-4-5-18(22-11-14)24-7-6-21-13(24)2/h4-11H,3,12H2,1-2H3,(H,23,26). The molecule has 0 aliphatic heterocycles. The summed E-state index contributed by atoms with van der Waals surface area (Å²) in [6, 6.07) is 7.06. The number of aromatic nitrogens is 3. The fraction of sp³-hybridized carbons (Fsp3) is 0.200. The number of nitrogens with zero attached hydrogens (tertiary/aromatic N) is 4. The maximum Gasteiger partial charge on any atom is 0.338 e. The van der Waals surface area contributed by atoms with Crippen molar-refractivity contribution in [3.05, 3.63) is 81.6 Å². The third kappa shape index (κ3) is 4.66. The number of carbonyl (C=O) groups is 2. The van der Waals surface area contributed by atoms with E-state index in [0.29, 0.717) is 5.82 Å². The number of aryl methyl sites for hydroxylation is 1. The van der Waals surface area contributed by atoms with Gasteiger partial charge in [-0.3, -0.25) is 19.5 Å². The van der Waals surface area contributed by atoms with E-state index in [9.17, 15) is 19.7 Å². The number of hydrogen-bond donors (Lipinski definition) is 1. The Labute approximate surface area is 171 Å². The average Bonchev–Trinajstić information content (AvgIpc) is 3.18. The number of nitro groups is 1. The summed E-state index contributed by atoms with van der Waals surface area (Å²) < 4.78 is 6.69. The first-order valence-corrected chi connectivity index (χ1v) is 9.09. The molecule has 0 aliphatic carbocycles. The molecule has 10 heteroatoms. The number of rotatable bonds is 7. The van der Waals surface area contributed by atoms with E-state index in [2.05, 4.69) is 15.3 Å². The number of pyridine rings is 1. The van der Waals surface area contributed by atoms with Gasteiger partial charge in [0.15, 0.2) is 0 Å². The highest BCUT2D eigenvalue weighted by Crippen LogP contribution is 2.18. The van der Waals surface area contributed by atoms with Crippen molar-refractivity contribution in [2.24, 2.45) is 0 Å². The molecule has 0 radical (unpaired) electrons. The molecule has 0 atom stereocenters. The lowest BCUT2D eigenvalue weighted by Gasteiger charge is -2.09. The van der Waals surface area contributed by atoms with Crippen LogP contribution in [0.15, 0.2) is 48.9 Å². The third-order valence-electron chi connectivity index (χ3n) is 4.24. The molecule has 10 nitrogen and oxygen atoms in total. The van der Waals surface area contributed by atoms with Crippen LogP contribution in [-0.4, -0.2) is 37.9 Å². The second kappa shape index (κ2) is 8.95. The van der Waals surface area contributed by atoms with E-state index in [1.807, 2.05) is 11.5 Å². The van der Waals surface area contributed by atoms with Crippen molar-refractivity contribution in [1.29, 1.82) is 0 Å². The van der Waals surface area contributed by atoms with Crippen molar-refractivity contribution >= 4 is 17.6 Å². The van der Waals surface area contributed by atoms with Gasteiger partial charge in [0, 0.05) is 42.8 Å². The van der Waals surface area contributed by atoms with Crippen molar-refractivity contribution in [3.8, 4) is 5.82 Å². The Morgan fingerprint density at radius 3 is 2.57 bits per heavy atom. The summed E-state index contributed by atoms with van der Waals surface area (Å²) in [5, 5.41) is 13.8. The summed E-state index contributed by atoms with van der Waals surface area (Å²) in [6.45, 7) is 3.76. The van der Waals surface area contributed by atoms with Gasteiger partial charge in [-0.05, 0) is 31.5 Å². The number of ether oxygens (including phenoxy) is 1. The van der Waals surface area contributed by atoms with Gasteiger partial charge < -0.3 is 10.1 Å². The Balaban J connectivity index is 1.73. The Kier molecular flexibility index (Phi) is 6.16. The van der Waals surface area contributed by atoms with Gasteiger partial charge in [-0.2, -0.15) is 0 Å². The minimum absolute atomic E-state index is 0.00845. The molecule has 0 saturated heterocycles. The Morgan fingerprint density at radius 2 is 1.97 bits per heavy atom. The van der Waals surface area contributed by atoms with E-state index < -0.39 is 16.8 Å². The van der Waals surface area contributed by atoms with Gasteiger partial charge in [-0.25, -0.2) is 14.8 Å². The van der Waals surface area contributed by atoms with Gasteiger partial charge >= 0.3 is 5.97 Å². The largest absolute Gasteiger partial charge is 0.462 e. The highest BCUT2D eigenvalue weighted by atomic mass is 16.6. The lowest BCUT2D eigenvalue weighted by molar-refractivity contribution is -0.384. The van der Waals surface area contributed by atoms with Crippen LogP contribution in [0.5, 0.6) is 0 Å². The molecule has 0 aliphatic rings. The molecule has 30 heavy (non-hydrogen) atoms. The van der Waals surface area contributed by atoms with Crippen LogP contribution >= 0.6 is 0 Å². The Morgan fingerprint density at radius 1 is 1.20 bits per heavy atom. The summed E-state index contributed by atoms with van der Waals surface area (Å²) in [4.78, 5) is 43.4. The maximum atomic E-state index is 12.5. The monoisotopic (exact) mass is 409 g/mol. The lowest BCUT2D eigenvalue weighted by atomic mass is 10.1. The maximum absolute atomic E-state index is 12.5. The molecule has 1 N–H and O–H groups in total. The van der Waals surface area contributed by atoms with Crippen LogP contribution in [-0.2, 0) is 11.3 Å². The smallest absolute Gasteiger partial charge is 0.338 e. The molecule has 2 heterocycles. The fourth-order valence-electron chi connectivity index (χ4n) is 2.75. The highest BCUT2D eigenvalue weighted by Gasteiger charge is 2.18. The molecule has 0 fully saturated rings. The summed E-state index contributed by atoms with van der Waals surface area (Å²) in [6.07, 6.45) is 5.09. The number of nitro benzene ring substituents is 1. The number of non-ortho nitro benzene ring substituents is 1. The minimum atomic E-state index is -0.732. The Bertz CT molecular complexity index is 1090. The van der Waals surface area contributed by atoms with Crippen LogP contribution in [0.2, 0.25) is 0 Å². The van der Waals surface area contributed by atoms with Crippen LogP contribution in [0.1, 0.15) is 39.0 Å². The normalized spacial score (nSPS) is 10.5. The van der Waals surface area contributed by atoms with E-state index >= 15 is 0 Å². The second-order valence-electron chi connectivity index (χ2n) is 6.30. The molecule has 0 bridgehead atoms. The predicted octanol–water partition coefficient (Wildman–Crippen LogP) is 2.59. The van der Waals surface area contributed by atoms with Gasteiger partial charge in [0.2, 0.25) is 0 Å². The molecule has 0 spiro atoms. The SMILES string of the molecule is CCOC(=O)c1cc(C(=O)NCc2ccc(-n3ccnc3C)nc2)cc([N+](=O)[O-])c1. The first-order valence-electron chi connectivity index (χ1n) is 9.09. The van der Waals surface area contributed by atoms with Gasteiger partial charge in [0.1, 0.15) is 11.6 Å². The van der Waals surface area contributed by atoms with Crippen molar-refractivity contribution in [3.63, 3.8) is 0 Å². The number of benzene rings is 1. The molecule has 1 amide bonds. The van der Waals surface area contributed by atoms with Crippen LogP contribution < -0.4 is 5.32 Å². The zero-order valence-corrected chi connectivity index (χ0v) is 16.4. The highest BCUT2D eigenvalue weighted by molar-refractivity contribution is 5.99. The van der Waals surface area contributed by atoms with Crippen LogP contribution in [0.25, 0.3) is 5.82 Å². The van der Waals surface area contributed by atoms with Crippen molar-refractivity contribution in [1.82, 2.24) is 19.9 Å². The first kappa shape index (κ1) is 20.6. The number of imidazole rings is 1. The molecule has 2 aromatic heterocycles. The lowest BCUT2D eigenvalue weighted by Crippen LogP contribution is -2.23. The topological polar surface area (TPSA) is 129 Å². The molecular weight excluding hydrogens is 390 g/mol. The summed E-state index contributed by atoms with van der Waals surface area (Å²) >= 11 is 0. The third-order valence-corrected chi connectivity index (χ3v) is 4.24. The number of carbonyl (C=O) groups excluding carboxylic acids is 2. The van der Waals surface area contributed by atoms with Crippen molar-refractivity contribution in [2.45, 2.75) is 20.4 Å². The minimum Gasteiger partial charge on any atom is -0.462 e. The van der Waals surface area contributed by atoms with Gasteiger partial charge in [0.25, 0.3) is 11.6 Å². The zero-order chi connectivity index (χ0) is 21.7. The summed E-state index contributed by atoms with van der Waals surface area (Å²) in [5.41, 5.74) is 0.303. The van der Waals surface area contributed by atoms with E-state index in [1.165, 1.54) is 6.07 Å². The van der Waals surface area contributed by atoms with Crippen LogP contribution in [0.3, 0.4) is 0 Å². The first-order chi connectivity index (χ1) is 14.4. The zero-order valence-electron chi connectivity index (χ0n) is 16.4. The second-order valence-corrected chi connectivity index (χ2v) is 6.30. The summed E-state index contributed by atoms with van der Waals surface area (Å²) in [5.74, 6) is 0.202. The molecule has 0 unspecified atom stereocenters.